The molecule has 1 aromatic rings. The molecule has 0 aliphatic heterocycles. The zero-order valence-corrected chi connectivity index (χ0v) is 10.4. The second-order valence-electron chi connectivity index (χ2n) is 3.08. The quantitative estimate of drug-likeness (QED) is 0.843. The van der Waals surface area contributed by atoms with E-state index in [4.69, 9.17) is 40.5 Å². The van der Waals surface area contributed by atoms with Gasteiger partial charge in [-0.1, -0.05) is 40.9 Å². The Morgan fingerprint density at radius 2 is 1.87 bits per heavy atom. The molecule has 0 aliphatic rings. The number of anilines is 2. The number of nitrogens with zero attached hydrogens (tertiary/aromatic N) is 1. The highest BCUT2D eigenvalue weighted by Crippen LogP contribution is 2.35. The third kappa shape index (κ3) is 3.20. The van der Waals surface area contributed by atoms with Crippen molar-refractivity contribution in [3.63, 3.8) is 0 Å². The summed E-state index contributed by atoms with van der Waals surface area (Å²) in [4.78, 5) is 1.89. The zero-order chi connectivity index (χ0) is 11.4. The molecule has 0 aromatic heterocycles. The van der Waals surface area contributed by atoms with Crippen LogP contribution in [-0.4, -0.2) is 13.6 Å². The number of likely N-dealkylation sites (N-methyl/N-ethyl adjacent to an activating group) is 1. The number of benzene rings is 1. The second-order valence-corrected chi connectivity index (χ2v) is 4.14. The molecular formula is C10H11Cl3N2. The van der Waals surface area contributed by atoms with Crippen LogP contribution < -0.4 is 10.6 Å². The predicted octanol–water partition coefficient (Wildman–Crippen LogP) is 3.76. The number of halogens is 3. The van der Waals surface area contributed by atoms with Crippen molar-refractivity contribution in [2.75, 3.05) is 24.2 Å². The summed E-state index contributed by atoms with van der Waals surface area (Å²) in [7, 11) is 1.88. The van der Waals surface area contributed by atoms with Crippen LogP contribution in [-0.2, 0) is 0 Å². The topological polar surface area (TPSA) is 29.3 Å². The maximum absolute atomic E-state index is 6.05. The van der Waals surface area contributed by atoms with Crippen LogP contribution in [0.5, 0.6) is 0 Å². The van der Waals surface area contributed by atoms with Gasteiger partial charge in [-0.15, -0.1) is 0 Å². The lowest BCUT2D eigenvalue weighted by atomic mass is 10.2. The molecule has 0 bridgehead atoms. The predicted molar refractivity (Wildman–Crippen MR) is 69.1 cm³/mol. The van der Waals surface area contributed by atoms with E-state index in [0.29, 0.717) is 22.3 Å². The van der Waals surface area contributed by atoms with Crippen LogP contribution in [0.15, 0.2) is 23.7 Å². The van der Waals surface area contributed by atoms with E-state index in [9.17, 15) is 0 Å². The monoisotopic (exact) mass is 264 g/mol. The fourth-order valence-corrected chi connectivity index (χ4v) is 2.11. The van der Waals surface area contributed by atoms with Crippen molar-refractivity contribution >= 4 is 46.2 Å². The molecule has 0 atom stereocenters. The van der Waals surface area contributed by atoms with Gasteiger partial charge in [0.05, 0.1) is 15.7 Å². The Hall–Kier alpha value is -0.570. The molecule has 1 aromatic carbocycles. The van der Waals surface area contributed by atoms with E-state index in [-0.39, 0.29) is 0 Å². The van der Waals surface area contributed by atoms with Gasteiger partial charge >= 0.3 is 0 Å². The van der Waals surface area contributed by atoms with E-state index in [0.717, 1.165) is 5.69 Å². The first-order chi connectivity index (χ1) is 7.06. The highest BCUT2D eigenvalue weighted by atomic mass is 35.5. The van der Waals surface area contributed by atoms with Gasteiger partial charge in [-0.3, -0.25) is 0 Å². The third-order valence-corrected chi connectivity index (χ3v) is 2.64. The van der Waals surface area contributed by atoms with Crippen molar-refractivity contribution in [3.05, 3.63) is 33.8 Å². The fourth-order valence-electron chi connectivity index (χ4n) is 1.24. The van der Waals surface area contributed by atoms with Gasteiger partial charge in [-0.05, 0) is 12.1 Å². The van der Waals surface area contributed by atoms with E-state index in [1.54, 1.807) is 18.2 Å². The third-order valence-electron chi connectivity index (χ3n) is 1.89. The minimum Gasteiger partial charge on any atom is -0.399 e. The van der Waals surface area contributed by atoms with Crippen LogP contribution in [0.3, 0.4) is 0 Å². The average molecular weight is 266 g/mol. The smallest absolute Gasteiger partial charge is 0.0746 e. The van der Waals surface area contributed by atoms with Crippen molar-refractivity contribution in [2.24, 2.45) is 0 Å². The number of hydrogen-bond donors (Lipinski definition) is 1. The molecule has 0 saturated carbocycles. The minimum absolute atomic E-state index is 0.533. The van der Waals surface area contributed by atoms with Gasteiger partial charge in [-0.25, -0.2) is 0 Å². The molecule has 0 aliphatic carbocycles. The molecule has 82 valence electrons. The van der Waals surface area contributed by atoms with Crippen molar-refractivity contribution in [3.8, 4) is 0 Å². The lowest BCUT2D eigenvalue weighted by Crippen LogP contribution is -2.17. The van der Waals surface area contributed by atoms with Crippen LogP contribution >= 0.6 is 34.8 Å². The normalized spacial score (nSPS) is 10.9. The molecule has 15 heavy (non-hydrogen) atoms. The Balaban J connectivity index is 3.02. The van der Waals surface area contributed by atoms with E-state index in [2.05, 4.69) is 0 Å². The van der Waals surface area contributed by atoms with Gasteiger partial charge in [0.1, 0.15) is 0 Å². The molecular weight excluding hydrogens is 254 g/mol. The first kappa shape index (κ1) is 12.5. The maximum atomic E-state index is 6.05. The second kappa shape index (κ2) is 5.50. The lowest BCUT2D eigenvalue weighted by Gasteiger charge is -2.20. The van der Waals surface area contributed by atoms with Crippen molar-refractivity contribution in [2.45, 2.75) is 0 Å². The molecule has 1 rings (SSSR count). The van der Waals surface area contributed by atoms with Crippen LogP contribution in [0.25, 0.3) is 0 Å². The van der Waals surface area contributed by atoms with Crippen molar-refractivity contribution in [1.82, 2.24) is 0 Å². The highest BCUT2D eigenvalue weighted by Gasteiger charge is 2.10. The van der Waals surface area contributed by atoms with Gasteiger partial charge < -0.3 is 10.6 Å². The molecule has 2 nitrogen and oxygen atoms in total. The number of rotatable bonds is 3. The SMILES string of the molecule is CN(CC=CCl)c1c(Cl)cc(N)cc1Cl. The maximum Gasteiger partial charge on any atom is 0.0746 e. The summed E-state index contributed by atoms with van der Waals surface area (Å²) in [5.74, 6) is 0. The largest absolute Gasteiger partial charge is 0.399 e. The van der Waals surface area contributed by atoms with Gasteiger partial charge in [0, 0.05) is 24.8 Å². The molecule has 0 spiro atoms. The van der Waals surface area contributed by atoms with Gasteiger partial charge in [-0.2, -0.15) is 0 Å². The number of nitrogens with two attached hydrogens (primary N) is 1. The standard InChI is InChI=1S/C10H11Cl3N2/c1-15(4-2-3-11)10-8(12)5-7(14)6-9(10)13/h2-3,5-6H,4,14H2,1H3. The van der Waals surface area contributed by atoms with E-state index in [1.807, 2.05) is 11.9 Å². The molecule has 0 fully saturated rings. The molecule has 0 radical (unpaired) electrons. The van der Waals surface area contributed by atoms with Crippen LogP contribution in [0.4, 0.5) is 11.4 Å². The lowest BCUT2D eigenvalue weighted by molar-refractivity contribution is 1.03. The molecule has 5 heteroatoms. The Kier molecular flexibility index (Phi) is 4.58. The summed E-state index contributed by atoms with van der Waals surface area (Å²) in [5.41, 5.74) is 8.36. The van der Waals surface area contributed by atoms with Crippen LogP contribution in [0, 0.1) is 0 Å². The number of nitrogen functional groups attached to an aromatic ring is 1. The summed E-state index contributed by atoms with van der Waals surface area (Å²) in [5, 5.41) is 1.07. The average Bonchev–Trinajstić information content (AvgIpc) is 2.12. The molecule has 0 amide bonds. The summed E-state index contributed by atoms with van der Waals surface area (Å²) in [6.07, 6.45) is 1.80. The zero-order valence-electron chi connectivity index (χ0n) is 8.17. The van der Waals surface area contributed by atoms with Crippen molar-refractivity contribution < 1.29 is 0 Å². The number of hydrogen-bond acceptors (Lipinski definition) is 2. The van der Waals surface area contributed by atoms with Crippen LogP contribution in [0.2, 0.25) is 10.0 Å². The van der Waals surface area contributed by atoms with Gasteiger partial charge in [0.25, 0.3) is 0 Å². The van der Waals surface area contributed by atoms with E-state index in [1.165, 1.54) is 5.54 Å². The Morgan fingerprint density at radius 3 is 2.33 bits per heavy atom. The minimum atomic E-state index is 0.533. The van der Waals surface area contributed by atoms with Crippen LogP contribution in [0.1, 0.15) is 0 Å². The molecule has 2 N–H and O–H groups in total. The first-order valence-electron chi connectivity index (χ1n) is 4.27. The Labute approximate surface area is 104 Å². The summed E-state index contributed by atoms with van der Waals surface area (Å²) in [6, 6.07) is 3.34. The fraction of sp³-hybridized carbons (Fsp3) is 0.200. The Bertz CT molecular complexity index is 354. The summed E-state index contributed by atoms with van der Waals surface area (Å²) >= 11 is 17.5. The van der Waals surface area contributed by atoms with Gasteiger partial charge in [0.2, 0.25) is 0 Å². The van der Waals surface area contributed by atoms with E-state index >= 15 is 0 Å². The summed E-state index contributed by atoms with van der Waals surface area (Å²) < 4.78 is 0. The Morgan fingerprint density at radius 1 is 1.33 bits per heavy atom. The van der Waals surface area contributed by atoms with Crippen molar-refractivity contribution in [1.29, 1.82) is 0 Å². The molecule has 0 heterocycles. The van der Waals surface area contributed by atoms with E-state index < -0.39 is 0 Å². The first-order valence-corrected chi connectivity index (χ1v) is 5.46. The highest BCUT2D eigenvalue weighted by molar-refractivity contribution is 6.39. The molecule has 0 saturated heterocycles. The van der Waals surface area contributed by atoms with Gasteiger partial charge in [0.15, 0.2) is 0 Å². The summed E-state index contributed by atoms with van der Waals surface area (Å²) in [6.45, 7) is 0.632. The molecule has 0 unspecified atom stereocenters.